The van der Waals surface area contributed by atoms with Crippen molar-refractivity contribution in [1.82, 2.24) is 9.80 Å². The van der Waals surface area contributed by atoms with Gasteiger partial charge in [-0.2, -0.15) is 8.78 Å². The Kier molecular flexibility index (Phi) is 7.42. The van der Waals surface area contributed by atoms with Crippen molar-refractivity contribution in [3.8, 4) is 5.75 Å². The summed E-state index contributed by atoms with van der Waals surface area (Å²) in [6, 6.07) is 13.6. The number of ether oxygens (including phenoxy) is 1. The van der Waals surface area contributed by atoms with Gasteiger partial charge in [-0.1, -0.05) is 46.3 Å². The lowest BCUT2D eigenvalue weighted by molar-refractivity contribution is -0.136. The third-order valence-electron chi connectivity index (χ3n) is 5.13. The largest absolute Gasteiger partial charge is 0.434 e. The van der Waals surface area contributed by atoms with E-state index in [1.165, 1.54) is 18.2 Å². The van der Waals surface area contributed by atoms with Crippen LogP contribution in [0.4, 0.5) is 8.78 Å². The smallest absolute Gasteiger partial charge is 0.387 e. The molecule has 160 valence electrons. The van der Waals surface area contributed by atoms with Crippen molar-refractivity contribution in [3.63, 3.8) is 0 Å². The number of carbonyl (C=O) groups is 2. The van der Waals surface area contributed by atoms with Crippen molar-refractivity contribution < 1.29 is 23.1 Å². The summed E-state index contributed by atoms with van der Waals surface area (Å²) >= 11 is 3.49. The highest BCUT2D eigenvalue weighted by molar-refractivity contribution is 9.10. The molecule has 1 atom stereocenters. The molecule has 0 N–H and O–H groups in total. The maximum atomic E-state index is 13.0. The standard InChI is InChI=1S/C22H23BrF2N2O3/c1-26(13-15-7-2-4-10-18(15)23)20(28)16-8-6-12-27(14-16)21(29)17-9-3-5-11-19(17)30-22(24)25/h2-5,7,9-11,16,22H,6,8,12-14H2,1H3. The summed E-state index contributed by atoms with van der Waals surface area (Å²) in [7, 11) is 1.74. The van der Waals surface area contributed by atoms with E-state index < -0.39 is 12.5 Å². The molecule has 8 heteroatoms. The number of nitrogens with zero attached hydrogens (tertiary/aromatic N) is 2. The summed E-state index contributed by atoms with van der Waals surface area (Å²) in [5.74, 6) is -0.937. The van der Waals surface area contributed by atoms with Gasteiger partial charge in [0.25, 0.3) is 5.91 Å². The van der Waals surface area contributed by atoms with Gasteiger partial charge in [-0.3, -0.25) is 9.59 Å². The average Bonchev–Trinajstić information content (AvgIpc) is 2.74. The zero-order valence-electron chi connectivity index (χ0n) is 16.6. The molecule has 1 unspecified atom stereocenters. The number of likely N-dealkylation sites (tertiary alicyclic amines) is 1. The molecule has 1 aliphatic rings. The van der Waals surface area contributed by atoms with Crippen molar-refractivity contribution >= 4 is 27.7 Å². The van der Waals surface area contributed by atoms with Gasteiger partial charge in [0, 0.05) is 31.2 Å². The Balaban J connectivity index is 1.68. The number of halogens is 3. The fourth-order valence-corrected chi connectivity index (χ4v) is 4.06. The second-order valence-electron chi connectivity index (χ2n) is 7.25. The van der Waals surface area contributed by atoms with Crippen molar-refractivity contribution in [2.24, 2.45) is 5.92 Å². The predicted molar refractivity (Wildman–Crippen MR) is 112 cm³/mol. The van der Waals surface area contributed by atoms with E-state index in [-0.39, 0.29) is 29.7 Å². The summed E-state index contributed by atoms with van der Waals surface area (Å²) in [6.07, 6.45) is 1.35. The van der Waals surface area contributed by atoms with E-state index in [0.29, 0.717) is 25.9 Å². The first kappa shape index (κ1) is 22.2. The van der Waals surface area contributed by atoms with Gasteiger partial charge in [0.15, 0.2) is 0 Å². The van der Waals surface area contributed by atoms with E-state index in [2.05, 4.69) is 20.7 Å². The number of hydrogen-bond acceptors (Lipinski definition) is 3. The summed E-state index contributed by atoms with van der Waals surface area (Å²) < 4.78 is 30.8. The third kappa shape index (κ3) is 5.36. The van der Waals surface area contributed by atoms with Crippen LogP contribution >= 0.6 is 15.9 Å². The zero-order valence-corrected chi connectivity index (χ0v) is 18.1. The van der Waals surface area contributed by atoms with Crippen molar-refractivity contribution in [3.05, 3.63) is 64.1 Å². The summed E-state index contributed by atoms with van der Waals surface area (Å²) in [6.45, 7) is -1.84. The predicted octanol–water partition coefficient (Wildman–Crippen LogP) is 4.56. The second kappa shape index (κ2) is 10.0. The second-order valence-corrected chi connectivity index (χ2v) is 8.11. The number of amides is 2. The lowest BCUT2D eigenvalue weighted by atomic mass is 9.95. The van der Waals surface area contributed by atoms with E-state index in [0.717, 1.165) is 10.0 Å². The van der Waals surface area contributed by atoms with Crippen LogP contribution in [0, 0.1) is 5.92 Å². The molecule has 0 spiro atoms. The summed E-state index contributed by atoms with van der Waals surface area (Å²) in [5.41, 5.74) is 1.07. The number of benzene rings is 2. The molecule has 0 saturated carbocycles. The third-order valence-corrected chi connectivity index (χ3v) is 5.91. The molecule has 1 aliphatic heterocycles. The van der Waals surface area contributed by atoms with Crippen LogP contribution in [0.15, 0.2) is 53.0 Å². The number of carbonyl (C=O) groups excluding carboxylic acids is 2. The molecule has 3 rings (SSSR count). The molecular formula is C22H23BrF2N2O3. The van der Waals surface area contributed by atoms with Gasteiger partial charge in [0.1, 0.15) is 5.75 Å². The molecule has 1 fully saturated rings. The molecule has 2 aromatic rings. The first-order valence-electron chi connectivity index (χ1n) is 9.68. The van der Waals surface area contributed by atoms with Gasteiger partial charge in [0.2, 0.25) is 5.91 Å². The van der Waals surface area contributed by atoms with Crippen LogP contribution in [0.5, 0.6) is 5.75 Å². The number of alkyl halides is 2. The fraction of sp³-hybridized carbons (Fsp3) is 0.364. The highest BCUT2D eigenvalue weighted by atomic mass is 79.9. The van der Waals surface area contributed by atoms with Gasteiger partial charge in [-0.15, -0.1) is 0 Å². The summed E-state index contributed by atoms with van der Waals surface area (Å²) in [5, 5.41) is 0. The van der Waals surface area contributed by atoms with Gasteiger partial charge in [-0.05, 0) is 36.6 Å². The van der Waals surface area contributed by atoms with Gasteiger partial charge in [0.05, 0.1) is 11.5 Å². The minimum Gasteiger partial charge on any atom is -0.434 e. The molecule has 0 radical (unpaired) electrons. The van der Waals surface area contributed by atoms with Crippen LogP contribution in [-0.4, -0.2) is 48.4 Å². The Bertz CT molecular complexity index is 909. The first-order chi connectivity index (χ1) is 14.4. The quantitative estimate of drug-likeness (QED) is 0.608. The number of rotatable bonds is 6. The SMILES string of the molecule is CN(Cc1ccccc1Br)C(=O)C1CCCN(C(=O)c2ccccc2OC(F)F)C1. The van der Waals surface area contributed by atoms with Crippen LogP contribution in [-0.2, 0) is 11.3 Å². The van der Waals surface area contributed by atoms with E-state index >= 15 is 0 Å². The lowest BCUT2D eigenvalue weighted by Crippen LogP contribution is -2.45. The molecule has 5 nitrogen and oxygen atoms in total. The lowest BCUT2D eigenvalue weighted by Gasteiger charge is -2.34. The first-order valence-corrected chi connectivity index (χ1v) is 10.5. The molecule has 2 aromatic carbocycles. The molecule has 2 amide bonds. The Morgan fingerprint density at radius 3 is 2.63 bits per heavy atom. The molecule has 0 aliphatic carbocycles. The molecule has 30 heavy (non-hydrogen) atoms. The van der Waals surface area contributed by atoms with Crippen molar-refractivity contribution in [2.45, 2.75) is 26.0 Å². The number of hydrogen-bond donors (Lipinski definition) is 0. The minimum absolute atomic E-state index is 0.0413. The van der Waals surface area contributed by atoms with Gasteiger partial charge in [-0.25, -0.2) is 0 Å². The Morgan fingerprint density at radius 1 is 1.20 bits per heavy atom. The molecule has 1 saturated heterocycles. The normalized spacial score (nSPS) is 16.4. The van der Waals surface area contributed by atoms with E-state index in [1.807, 2.05) is 24.3 Å². The van der Waals surface area contributed by atoms with E-state index in [4.69, 9.17) is 0 Å². The van der Waals surface area contributed by atoms with Crippen molar-refractivity contribution in [1.29, 1.82) is 0 Å². The Morgan fingerprint density at radius 2 is 1.90 bits per heavy atom. The monoisotopic (exact) mass is 480 g/mol. The highest BCUT2D eigenvalue weighted by Gasteiger charge is 2.31. The van der Waals surface area contributed by atoms with Crippen LogP contribution in [0.1, 0.15) is 28.8 Å². The molecule has 0 aromatic heterocycles. The molecule has 0 bridgehead atoms. The van der Waals surface area contributed by atoms with Crippen molar-refractivity contribution in [2.75, 3.05) is 20.1 Å². The number of para-hydroxylation sites is 1. The maximum Gasteiger partial charge on any atom is 0.387 e. The van der Waals surface area contributed by atoms with Gasteiger partial charge >= 0.3 is 6.61 Å². The minimum atomic E-state index is -3.01. The average molecular weight is 481 g/mol. The van der Waals surface area contributed by atoms with Crippen LogP contribution in [0.2, 0.25) is 0 Å². The number of piperidine rings is 1. The van der Waals surface area contributed by atoms with Gasteiger partial charge < -0.3 is 14.5 Å². The van der Waals surface area contributed by atoms with Crippen LogP contribution in [0.3, 0.4) is 0 Å². The highest BCUT2D eigenvalue weighted by Crippen LogP contribution is 2.26. The molecular weight excluding hydrogens is 458 g/mol. The Labute approximate surface area is 182 Å². The van der Waals surface area contributed by atoms with E-state index in [1.54, 1.807) is 22.9 Å². The maximum absolute atomic E-state index is 13.0. The summed E-state index contributed by atoms with van der Waals surface area (Å²) in [4.78, 5) is 29.1. The van der Waals surface area contributed by atoms with E-state index in [9.17, 15) is 18.4 Å². The van der Waals surface area contributed by atoms with Crippen LogP contribution < -0.4 is 4.74 Å². The van der Waals surface area contributed by atoms with Crippen LogP contribution in [0.25, 0.3) is 0 Å². The zero-order chi connectivity index (χ0) is 21.7. The topological polar surface area (TPSA) is 49.9 Å². The Hall–Kier alpha value is -2.48. The fourth-order valence-electron chi connectivity index (χ4n) is 3.65. The molecule has 1 heterocycles.